The second kappa shape index (κ2) is 14.2. The first-order valence-corrected chi connectivity index (χ1v) is 10.8. The highest BCUT2D eigenvalue weighted by Gasteiger charge is 2.22. The van der Waals surface area contributed by atoms with Crippen molar-refractivity contribution in [3.63, 3.8) is 0 Å². The molecule has 176 valence electrons. The van der Waals surface area contributed by atoms with Crippen LogP contribution in [-0.4, -0.2) is 64.5 Å². The normalized spacial score (nSPS) is 15.4. The fourth-order valence-corrected chi connectivity index (χ4v) is 3.71. The van der Waals surface area contributed by atoms with Crippen LogP contribution in [0.5, 0.6) is 11.5 Å². The Balaban J connectivity index is 0.00000363. The van der Waals surface area contributed by atoms with Gasteiger partial charge in [-0.2, -0.15) is 0 Å². The number of ether oxygens (including phenoxy) is 3. The summed E-state index contributed by atoms with van der Waals surface area (Å²) in [5.41, 5.74) is 2.36. The minimum atomic E-state index is 0. The lowest BCUT2D eigenvalue weighted by molar-refractivity contribution is 0.0170. The molecule has 2 aromatic carbocycles. The number of morpholine rings is 1. The van der Waals surface area contributed by atoms with Crippen molar-refractivity contribution in [2.75, 3.05) is 53.6 Å². The molecule has 0 aromatic heterocycles. The minimum absolute atomic E-state index is 0. The number of hydrogen-bond donors (Lipinski definition) is 2. The van der Waals surface area contributed by atoms with E-state index in [1.54, 1.807) is 14.2 Å². The second-order valence-corrected chi connectivity index (χ2v) is 7.34. The number of rotatable bonds is 9. The molecule has 1 saturated heterocycles. The average molecular weight is 554 g/mol. The first-order chi connectivity index (χ1) is 15.2. The molecule has 3 rings (SSSR count). The van der Waals surface area contributed by atoms with Crippen LogP contribution < -0.4 is 20.1 Å². The molecule has 0 aliphatic carbocycles. The minimum Gasteiger partial charge on any atom is -0.493 e. The lowest BCUT2D eigenvalue weighted by Gasteiger charge is -2.35. The fraction of sp³-hybridized carbons (Fsp3) is 0.458. The quantitative estimate of drug-likeness (QED) is 0.281. The zero-order valence-corrected chi connectivity index (χ0v) is 21.5. The summed E-state index contributed by atoms with van der Waals surface area (Å²) in [6.45, 7) is 7.59. The van der Waals surface area contributed by atoms with Crippen LogP contribution in [0.4, 0.5) is 0 Å². The molecule has 0 saturated carbocycles. The van der Waals surface area contributed by atoms with Gasteiger partial charge in [0.05, 0.1) is 40.0 Å². The lowest BCUT2D eigenvalue weighted by atomic mass is 10.0. The summed E-state index contributed by atoms with van der Waals surface area (Å²) >= 11 is 0. The summed E-state index contributed by atoms with van der Waals surface area (Å²) in [5.74, 6) is 2.23. The van der Waals surface area contributed by atoms with Crippen LogP contribution in [0.15, 0.2) is 53.5 Å². The number of benzene rings is 2. The maximum absolute atomic E-state index is 5.56. The van der Waals surface area contributed by atoms with Crippen LogP contribution in [0, 0.1) is 0 Å². The van der Waals surface area contributed by atoms with E-state index in [1.807, 2.05) is 18.2 Å². The Bertz CT molecular complexity index is 829. The number of methoxy groups -OCH3 is 2. The molecule has 1 aliphatic heterocycles. The summed E-state index contributed by atoms with van der Waals surface area (Å²) in [6, 6.07) is 16.8. The molecule has 32 heavy (non-hydrogen) atoms. The molecule has 1 aliphatic rings. The highest BCUT2D eigenvalue weighted by atomic mass is 127. The molecule has 1 heterocycles. The van der Waals surface area contributed by atoms with Gasteiger partial charge in [0.1, 0.15) is 0 Å². The monoisotopic (exact) mass is 554 g/mol. The summed E-state index contributed by atoms with van der Waals surface area (Å²) in [4.78, 5) is 7.26. The third-order valence-electron chi connectivity index (χ3n) is 5.35. The number of aliphatic imine (C=N–C) groups is 1. The molecule has 8 heteroatoms. The van der Waals surface area contributed by atoms with E-state index < -0.39 is 0 Å². The zero-order valence-electron chi connectivity index (χ0n) is 19.2. The van der Waals surface area contributed by atoms with Crippen molar-refractivity contribution >= 4 is 29.9 Å². The first kappa shape index (κ1) is 26.2. The van der Waals surface area contributed by atoms with Crippen molar-refractivity contribution in [1.82, 2.24) is 15.5 Å². The van der Waals surface area contributed by atoms with Crippen LogP contribution in [0.25, 0.3) is 0 Å². The van der Waals surface area contributed by atoms with E-state index in [-0.39, 0.29) is 30.0 Å². The standard InChI is InChI=1S/C24H34N4O3.HI/c1-4-25-24(26-17-19-10-11-22(29-2)23(16-19)30-3)27-18-21(20-8-6-5-7-9-20)28-12-14-31-15-13-28;/h5-11,16,21H,4,12-15,17-18H2,1-3H3,(H2,25,26,27);1H. The summed E-state index contributed by atoms with van der Waals surface area (Å²) in [7, 11) is 3.28. The van der Waals surface area contributed by atoms with Gasteiger partial charge in [-0.05, 0) is 30.2 Å². The van der Waals surface area contributed by atoms with Crippen molar-refractivity contribution in [3.05, 3.63) is 59.7 Å². The highest BCUT2D eigenvalue weighted by Crippen LogP contribution is 2.27. The molecule has 0 radical (unpaired) electrons. The van der Waals surface area contributed by atoms with E-state index in [1.165, 1.54) is 5.56 Å². The van der Waals surface area contributed by atoms with Gasteiger partial charge in [0, 0.05) is 26.2 Å². The first-order valence-electron chi connectivity index (χ1n) is 10.8. The highest BCUT2D eigenvalue weighted by molar-refractivity contribution is 14.0. The maximum atomic E-state index is 5.56. The van der Waals surface area contributed by atoms with Crippen LogP contribution in [0.2, 0.25) is 0 Å². The molecular weight excluding hydrogens is 519 g/mol. The predicted octanol–water partition coefficient (Wildman–Crippen LogP) is 3.45. The topological polar surface area (TPSA) is 67.4 Å². The van der Waals surface area contributed by atoms with Gasteiger partial charge >= 0.3 is 0 Å². The molecule has 1 unspecified atom stereocenters. The Morgan fingerprint density at radius 2 is 1.75 bits per heavy atom. The number of hydrogen-bond acceptors (Lipinski definition) is 5. The van der Waals surface area contributed by atoms with E-state index in [0.29, 0.717) is 12.3 Å². The molecule has 2 N–H and O–H groups in total. The van der Waals surface area contributed by atoms with Crippen LogP contribution >= 0.6 is 24.0 Å². The van der Waals surface area contributed by atoms with E-state index in [0.717, 1.165) is 56.7 Å². The van der Waals surface area contributed by atoms with Crippen molar-refractivity contribution in [2.45, 2.75) is 19.5 Å². The van der Waals surface area contributed by atoms with Crippen LogP contribution in [-0.2, 0) is 11.3 Å². The van der Waals surface area contributed by atoms with Crippen molar-refractivity contribution < 1.29 is 14.2 Å². The molecule has 1 fully saturated rings. The van der Waals surface area contributed by atoms with Crippen molar-refractivity contribution in [2.24, 2.45) is 4.99 Å². The Hall–Kier alpha value is -2.04. The summed E-state index contributed by atoms with van der Waals surface area (Å²) in [6.07, 6.45) is 0. The smallest absolute Gasteiger partial charge is 0.191 e. The Kier molecular flexibility index (Phi) is 11.6. The second-order valence-electron chi connectivity index (χ2n) is 7.34. The Labute approximate surface area is 208 Å². The van der Waals surface area contributed by atoms with Gasteiger partial charge in [-0.25, -0.2) is 4.99 Å². The van der Waals surface area contributed by atoms with Crippen LogP contribution in [0.1, 0.15) is 24.1 Å². The molecule has 0 spiro atoms. The van der Waals surface area contributed by atoms with Gasteiger partial charge in [0.25, 0.3) is 0 Å². The van der Waals surface area contributed by atoms with Gasteiger partial charge in [-0.3, -0.25) is 4.90 Å². The molecule has 2 aromatic rings. The number of halogens is 1. The largest absolute Gasteiger partial charge is 0.493 e. The summed E-state index contributed by atoms with van der Waals surface area (Å²) < 4.78 is 16.3. The zero-order chi connectivity index (χ0) is 21.9. The van der Waals surface area contributed by atoms with Crippen LogP contribution in [0.3, 0.4) is 0 Å². The van der Waals surface area contributed by atoms with Crippen molar-refractivity contribution in [1.29, 1.82) is 0 Å². The summed E-state index contributed by atoms with van der Waals surface area (Å²) in [5, 5.41) is 6.89. The van der Waals surface area contributed by atoms with E-state index in [4.69, 9.17) is 19.2 Å². The predicted molar refractivity (Wildman–Crippen MR) is 139 cm³/mol. The number of guanidine groups is 1. The SMILES string of the molecule is CCNC(=NCc1ccc(OC)c(OC)c1)NCC(c1ccccc1)N1CCOCC1.I. The van der Waals surface area contributed by atoms with E-state index in [9.17, 15) is 0 Å². The van der Waals surface area contributed by atoms with Gasteiger partial charge in [-0.15, -0.1) is 24.0 Å². The van der Waals surface area contributed by atoms with Gasteiger partial charge in [0.15, 0.2) is 17.5 Å². The van der Waals surface area contributed by atoms with E-state index in [2.05, 4.69) is 52.8 Å². The fourth-order valence-electron chi connectivity index (χ4n) is 3.71. The molecule has 0 amide bonds. The maximum Gasteiger partial charge on any atom is 0.191 e. The average Bonchev–Trinajstić information content (AvgIpc) is 2.83. The van der Waals surface area contributed by atoms with Crippen molar-refractivity contribution in [3.8, 4) is 11.5 Å². The number of nitrogens with one attached hydrogen (secondary N) is 2. The molecule has 0 bridgehead atoms. The third-order valence-corrected chi connectivity index (χ3v) is 5.35. The van der Waals surface area contributed by atoms with E-state index >= 15 is 0 Å². The Morgan fingerprint density at radius 3 is 2.41 bits per heavy atom. The molecular formula is C24H35IN4O3. The Morgan fingerprint density at radius 1 is 1.03 bits per heavy atom. The molecule has 7 nitrogen and oxygen atoms in total. The third kappa shape index (κ3) is 7.53. The van der Waals surface area contributed by atoms with Gasteiger partial charge in [-0.1, -0.05) is 36.4 Å². The van der Waals surface area contributed by atoms with Gasteiger partial charge < -0.3 is 24.8 Å². The molecule has 1 atom stereocenters. The number of nitrogens with zero attached hydrogens (tertiary/aromatic N) is 2. The lowest BCUT2D eigenvalue weighted by Crippen LogP contribution is -2.46. The van der Waals surface area contributed by atoms with Gasteiger partial charge in [0.2, 0.25) is 0 Å².